The van der Waals surface area contributed by atoms with Crippen LogP contribution in [0.5, 0.6) is 0 Å². The Balaban J connectivity index is 1.83. The maximum absolute atomic E-state index is 14.3. The highest BCUT2D eigenvalue weighted by molar-refractivity contribution is 7.92. The number of carbonyl (C=O) groups is 2. The fourth-order valence-electron chi connectivity index (χ4n) is 4.14. The molecule has 0 fully saturated rings. The molecule has 2 amide bonds. The van der Waals surface area contributed by atoms with Gasteiger partial charge in [-0.3, -0.25) is 13.9 Å². The van der Waals surface area contributed by atoms with Crippen LogP contribution in [0.25, 0.3) is 0 Å². The van der Waals surface area contributed by atoms with Gasteiger partial charge in [-0.25, -0.2) is 12.8 Å². The third-order valence-electron chi connectivity index (χ3n) is 5.99. The van der Waals surface area contributed by atoms with Gasteiger partial charge in [0, 0.05) is 33.0 Å². The number of benzene rings is 3. The minimum absolute atomic E-state index is 0.0183. The van der Waals surface area contributed by atoms with Gasteiger partial charge < -0.3 is 10.2 Å². The molecule has 0 aliphatic carbocycles. The molecule has 0 saturated heterocycles. The standard InChI is InChI=1S/C28H32FN3O4S/c1-30-28(34)26(20-22-12-5-3-6-13-22)31(21-23-14-7-4-8-15-23)27(33)18-11-19-32(37(2,35)36)25-17-10-9-16-24(25)29/h3-10,12-17,26H,11,18-21H2,1-2H3,(H,30,34). The van der Waals surface area contributed by atoms with E-state index in [0.29, 0.717) is 6.42 Å². The molecular formula is C28H32FN3O4S. The van der Waals surface area contributed by atoms with Gasteiger partial charge in [-0.1, -0.05) is 72.8 Å². The van der Waals surface area contributed by atoms with Gasteiger partial charge in [0.1, 0.15) is 11.9 Å². The number of hydrogen-bond donors (Lipinski definition) is 1. The largest absolute Gasteiger partial charge is 0.357 e. The van der Waals surface area contributed by atoms with Gasteiger partial charge in [-0.15, -0.1) is 0 Å². The predicted molar refractivity (Wildman–Crippen MR) is 143 cm³/mol. The number of hydrogen-bond acceptors (Lipinski definition) is 4. The average Bonchev–Trinajstić information content (AvgIpc) is 2.89. The molecule has 37 heavy (non-hydrogen) atoms. The highest BCUT2D eigenvalue weighted by Gasteiger charge is 2.30. The molecule has 1 unspecified atom stereocenters. The molecular weight excluding hydrogens is 493 g/mol. The lowest BCUT2D eigenvalue weighted by Gasteiger charge is -2.31. The number of amides is 2. The molecule has 1 atom stereocenters. The summed E-state index contributed by atoms with van der Waals surface area (Å²) < 4.78 is 40.1. The lowest BCUT2D eigenvalue weighted by molar-refractivity contribution is -0.141. The Kier molecular flexibility index (Phi) is 9.79. The summed E-state index contributed by atoms with van der Waals surface area (Å²) in [5.41, 5.74) is 1.71. The second-order valence-corrected chi connectivity index (χ2v) is 10.6. The Labute approximate surface area is 218 Å². The number of carbonyl (C=O) groups excluding carboxylic acids is 2. The van der Waals surface area contributed by atoms with Crippen LogP contribution >= 0.6 is 0 Å². The van der Waals surface area contributed by atoms with Crippen molar-refractivity contribution in [1.82, 2.24) is 10.2 Å². The van der Waals surface area contributed by atoms with Crippen LogP contribution in [0.3, 0.4) is 0 Å². The molecule has 0 heterocycles. The summed E-state index contributed by atoms with van der Waals surface area (Å²) in [6.07, 6.45) is 1.46. The van der Waals surface area contributed by atoms with Crippen molar-refractivity contribution in [3.05, 3.63) is 102 Å². The maximum atomic E-state index is 14.3. The zero-order valence-electron chi connectivity index (χ0n) is 21.0. The second kappa shape index (κ2) is 13.0. The molecule has 0 aromatic heterocycles. The van der Waals surface area contributed by atoms with Crippen LogP contribution < -0.4 is 9.62 Å². The molecule has 0 aliphatic heterocycles. The zero-order valence-corrected chi connectivity index (χ0v) is 21.8. The van der Waals surface area contributed by atoms with Gasteiger partial charge in [0.25, 0.3) is 0 Å². The second-order valence-electron chi connectivity index (χ2n) is 8.72. The molecule has 9 heteroatoms. The third kappa shape index (κ3) is 7.88. The molecule has 0 saturated carbocycles. The summed E-state index contributed by atoms with van der Waals surface area (Å²) >= 11 is 0. The Morgan fingerprint density at radius 3 is 2.03 bits per heavy atom. The van der Waals surface area contributed by atoms with Gasteiger partial charge in [0.15, 0.2) is 0 Å². The lowest BCUT2D eigenvalue weighted by Crippen LogP contribution is -2.49. The van der Waals surface area contributed by atoms with E-state index in [1.165, 1.54) is 30.1 Å². The summed E-state index contributed by atoms with van der Waals surface area (Å²) in [6.45, 7) is 0.141. The first-order chi connectivity index (χ1) is 17.7. The number of sulfonamides is 1. The van der Waals surface area contributed by atoms with Crippen molar-refractivity contribution in [2.75, 3.05) is 24.2 Å². The highest BCUT2D eigenvalue weighted by Crippen LogP contribution is 2.22. The van der Waals surface area contributed by atoms with Crippen LogP contribution in [0.15, 0.2) is 84.9 Å². The van der Waals surface area contributed by atoms with E-state index in [9.17, 15) is 22.4 Å². The van der Waals surface area contributed by atoms with Crippen LogP contribution in [0.4, 0.5) is 10.1 Å². The minimum atomic E-state index is -3.78. The molecule has 3 rings (SSSR count). The molecule has 0 radical (unpaired) electrons. The van der Waals surface area contributed by atoms with E-state index in [4.69, 9.17) is 0 Å². The summed E-state index contributed by atoms with van der Waals surface area (Å²) in [7, 11) is -2.25. The van der Waals surface area contributed by atoms with Gasteiger partial charge in [0.05, 0.1) is 11.9 Å². The van der Waals surface area contributed by atoms with E-state index >= 15 is 0 Å². The summed E-state index contributed by atoms with van der Waals surface area (Å²) in [5.74, 6) is -1.25. The van der Waals surface area contributed by atoms with Crippen molar-refractivity contribution in [1.29, 1.82) is 0 Å². The summed E-state index contributed by atoms with van der Waals surface area (Å²) in [6, 6.07) is 23.7. The molecule has 3 aromatic rings. The highest BCUT2D eigenvalue weighted by atomic mass is 32.2. The first-order valence-corrected chi connectivity index (χ1v) is 13.9. The fraction of sp³-hybridized carbons (Fsp3) is 0.286. The summed E-state index contributed by atoms with van der Waals surface area (Å²) in [5, 5.41) is 2.67. The Bertz CT molecular complexity index is 1290. The molecule has 0 aliphatic rings. The van der Waals surface area contributed by atoms with Crippen molar-refractivity contribution < 1.29 is 22.4 Å². The van der Waals surface area contributed by atoms with E-state index in [0.717, 1.165) is 21.7 Å². The Morgan fingerprint density at radius 2 is 1.46 bits per heavy atom. The molecule has 7 nitrogen and oxygen atoms in total. The van der Waals surface area contributed by atoms with Crippen molar-refractivity contribution in [2.24, 2.45) is 0 Å². The van der Waals surface area contributed by atoms with Crippen LogP contribution in [-0.4, -0.2) is 51.0 Å². The maximum Gasteiger partial charge on any atom is 0.242 e. The Hall–Kier alpha value is -3.72. The van der Waals surface area contributed by atoms with E-state index in [1.807, 2.05) is 60.7 Å². The molecule has 0 bridgehead atoms. The van der Waals surface area contributed by atoms with E-state index in [2.05, 4.69) is 5.32 Å². The first-order valence-electron chi connectivity index (χ1n) is 12.0. The third-order valence-corrected chi connectivity index (χ3v) is 7.17. The molecule has 1 N–H and O–H groups in total. The van der Waals surface area contributed by atoms with Crippen molar-refractivity contribution in [3.63, 3.8) is 0 Å². The number of likely N-dealkylation sites (N-methyl/N-ethyl adjacent to an activating group) is 1. The van der Waals surface area contributed by atoms with Gasteiger partial charge in [-0.05, 0) is 29.7 Å². The monoisotopic (exact) mass is 525 g/mol. The quantitative estimate of drug-likeness (QED) is 0.390. The smallest absolute Gasteiger partial charge is 0.242 e. The topological polar surface area (TPSA) is 86.8 Å². The number of halogens is 1. The van der Waals surface area contributed by atoms with Gasteiger partial charge >= 0.3 is 0 Å². The van der Waals surface area contributed by atoms with Crippen LogP contribution in [0.1, 0.15) is 24.0 Å². The van der Waals surface area contributed by atoms with Crippen LogP contribution in [-0.2, 0) is 32.6 Å². The van der Waals surface area contributed by atoms with Crippen molar-refractivity contribution >= 4 is 27.5 Å². The van der Waals surface area contributed by atoms with E-state index < -0.39 is 21.9 Å². The average molecular weight is 526 g/mol. The normalized spacial score (nSPS) is 12.0. The zero-order chi connectivity index (χ0) is 26.8. The predicted octanol–water partition coefficient (Wildman–Crippen LogP) is 3.76. The van der Waals surface area contributed by atoms with Gasteiger partial charge in [-0.2, -0.15) is 0 Å². The number of para-hydroxylation sites is 1. The fourth-order valence-corrected chi connectivity index (χ4v) is 5.10. The molecule has 3 aromatic carbocycles. The number of rotatable bonds is 12. The van der Waals surface area contributed by atoms with Gasteiger partial charge in [0.2, 0.25) is 21.8 Å². The minimum Gasteiger partial charge on any atom is -0.357 e. The lowest BCUT2D eigenvalue weighted by atomic mass is 10.0. The van der Waals surface area contributed by atoms with E-state index in [-0.39, 0.29) is 43.4 Å². The van der Waals surface area contributed by atoms with Crippen molar-refractivity contribution in [3.8, 4) is 0 Å². The summed E-state index contributed by atoms with van der Waals surface area (Å²) in [4.78, 5) is 28.0. The van der Waals surface area contributed by atoms with Crippen LogP contribution in [0, 0.1) is 5.82 Å². The molecule has 0 spiro atoms. The van der Waals surface area contributed by atoms with Crippen LogP contribution in [0.2, 0.25) is 0 Å². The SMILES string of the molecule is CNC(=O)C(Cc1ccccc1)N(Cc1ccccc1)C(=O)CCCN(c1ccccc1F)S(C)(=O)=O. The molecule has 196 valence electrons. The first kappa shape index (κ1) is 27.9. The number of nitrogens with zero attached hydrogens (tertiary/aromatic N) is 2. The number of nitrogens with one attached hydrogen (secondary N) is 1. The van der Waals surface area contributed by atoms with E-state index in [1.54, 1.807) is 6.07 Å². The Morgan fingerprint density at radius 1 is 0.892 bits per heavy atom. The van der Waals surface area contributed by atoms with Crippen molar-refractivity contribution in [2.45, 2.75) is 31.8 Å². The number of anilines is 1.